The van der Waals surface area contributed by atoms with Gasteiger partial charge in [-0.3, -0.25) is 0 Å². The minimum Gasteiger partial charge on any atom is -0.192 e. The topological polar surface area (TPSA) is 82.2 Å². The molecular weight excluding hydrogens is 278 g/mol. The molecule has 0 saturated carbocycles. The Balaban J connectivity index is 1.85. The van der Waals surface area contributed by atoms with Gasteiger partial charge in [-0.25, -0.2) is 0 Å². The molecule has 1 atom stereocenters. The van der Waals surface area contributed by atoms with E-state index in [2.05, 4.69) is 32.5 Å². The van der Waals surface area contributed by atoms with E-state index < -0.39 is 0 Å². The van der Waals surface area contributed by atoms with Gasteiger partial charge in [0.25, 0.3) is 5.71 Å². The summed E-state index contributed by atoms with van der Waals surface area (Å²) in [6.45, 7) is 0. The van der Waals surface area contributed by atoms with Gasteiger partial charge >= 0.3 is 0 Å². The van der Waals surface area contributed by atoms with Gasteiger partial charge in [0.1, 0.15) is 24.1 Å². The van der Waals surface area contributed by atoms with Crippen LogP contribution in [0.3, 0.4) is 0 Å². The number of nitrogens with zero attached hydrogens (tertiary/aromatic N) is 7. The van der Waals surface area contributed by atoms with Gasteiger partial charge in [-0.15, -0.1) is 0 Å². The summed E-state index contributed by atoms with van der Waals surface area (Å²) in [5, 5.41) is 26.4. The maximum atomic E-state index is 9.65. The fourth-order valence-electron chi connectivity index (χ4n) is 3.23. The number of rotatable bonds is 1. The Morgan fingerprint density at radius 1 is 1.14 bits per heavy atom. The molecule has 0 amide bonds. The third kappa shape index (κ3) is 2.00. The van der Waals surface area contributed by atoms with Crippen molar-refractivity contribution in [3.63, 3.8) is 0 Å². The molecule has 1 aliphatic heterocycles. The molecule has 0 spiro atoms. The summed E-state index contributed by atoms with van der Waals surface area (Å²) in [6.07, 6.45) is 12.5. The highest BCUT2D eigenvalue weighted by Gasteiger charge is 2.35. The third-order valence-electron chi connectivity index (χ3n) is 4.27. The largest absolute Gasteiger partial charge is 0.263 e. The monoisotopic (exact) mass is 292 g/mol. The molecule has 0 saturated heterocycles. The Labute approximate surface area is 127 Å². The lowest BCUT2D eigenvalue weighted by atomic mass is 9.76. The molecule has 4 rings (SSSR count). The molecule has 0 radical (unpaired) electrons. The molecule has 1 aromatic rings. The van der Waals surface area contributed by atoms with Crippen LogP contribution in [0.15, 0.2) is 39.8 Å². The van der Waals surface area contributed by atoms with E-state index in [1.54, 1.807) is 34.4 Å². The van der Waals surface area contributed by atoms with E-state index in [-0.39, 0.29) is 0 Å². The summed E-state index contributed by atoms with van der Waals surface area (Å²) in [5.41, 5.74) is 3.67. The highest BCUT2D eigenvalue weighted by Crippen LogP contribution is 2.38. The molecule has 1 aromatic heterocycles. The van der Waals surface area contributed by atoms with Crippen LogP contribution in [0.25, 0.3) is 5.70 Å². The third-order valence-corrected chi connectivity index (χ3v) is 4.27. The zero-order valence-corrected chi connectivity index (χ0v) is 11.9. The Morgan fingerprint density at radius 3 is 2.59 bits per heavy atom. The van der Waals surface area contributed by atoms with Gasteiger partial charge in [0, 0.05) is 16.6 Å². The minimum atomic E-state index is 0.424. The SMILES string of the molecule is N#CC1=C2C=C(n3nccn3)CCC2CCC1=[N+]1N=CC=N1. The average molecular weight is 292 g/mol. The second-order valence-corrected chi connectivity index (χ2v) is 5.44. The fraction of sp³-hybridized carbons (Fsp3) is 0.333. The number of hydrogen-bond donors (Lipinski definition) is 0. The lowest BCUT2D eigenvalue weighted by molar-refractivity contribution is -0.534. The van der Waals surface area contributed by atoms with Crippen LogP contribution in [-0.4, -0.2) is 37.9 Å². The van der Waals surface area contributed by atoms with Gasteiger partial charge in [0.15, 0.2) is 0 Å². The van der Waals surface area contributed by atoms with Gasteiger partial charge in [-0.2, -0.15) is 20.3 Å². The Hall–Kier alpha value is -2.88. The van der Waals surface area contributed by atoms with Gasteiger partial charge in [0.05, 0.1) is 22.9 Å². The number of hydrazone groups is 2. The van der Waals surface area contributed by atoms with Crippen LogP contribution in [0.5, 0.6) is 0 Å². The summed E-state index contributed by atoms with van der Waals surface area (Å²) >= 11 is 0. The van der Waals surface area contributed by atoms with Crippen LogP contribution < -0.4 is 0 Å². The average Bonchev–Trinajstić information content (AvgIpc) is 3.26. The molecule has 108 valence electrons. The molecule has 7 heteroatoms. The maximum Gasteiger partial charge on any atom is 0.263 e. The van der Waals surface area contributed by atoms with Crippen LogP contribution >= 0.6 is 0 Å². The number of allylic oxidation sites excluding steroid dienone is 4. The second kappa shape index (κ2) is 5.15. The van der Waals surface area contributed by atoms with Crippen LogP contribution in [0, 0.1) is 17.2 Å². The number of nitriles is 1. The van der Waals surface area contributed by atoms with E-state index in [1.165, 1.54) is 0 Å². The van der Waals surface area contributed by atoms with Crippen molar-refractivity contribution in [1.82, 2.24) is 15.0 Å². The van der Waals surface area contributed by atoms with Crippen molar-refractivity contribution in [1.29, 1.82) is 5.26 Å². The van der Waals surface area contributed by atoms with E-state index in [4.69, 9.17) is 0 Å². The van der Waals surface area contributed by atoms with Crippen molar-refractivity contribution >= 4 is 23.8 Å². The summed E-state index contributed by atoms with van der Waals surface area (Å²) in [6, 6.07) is 2.35. The van der Waals surface area contributed by atoms with E-state index in [1.807, 2.05) is 0 Å². The summed E-state index contributed by atoms with van der Waals surface area (Å²) < 4.78 is 0. The van der Waals surface area contributed by atoms with E-state index >= 15 is 0 Å². The lowest BCUT2D eigenvalue weighted by Crippen LogP contribution is -2.25. The van der Waals surface area contributed by atoms with E-state index in [9.17, 15) is 5.26 Å². The highest BCUT2D eigenvalue weighted by atomic mass is 15.6. The first kappa shape index (κ1) is 12.8. The summed E-state index contributed by atoms with van der Waals surface area (Å²) in [7, 11) is 0. The fourth-order valence-corrected chi connectivity index (χ4v) is 3.23. The van der Waals surface area contributed by atoms with Crippen molar-refractivity contribution in [2.75, 3.05) is 0 Å². The van der Waals surface area contributed by atoms with Gasteiger partial charge in [0.2, 0.25) is 0 Å². The smallest absolute Gasteiger partial charge is 0.192 e. The van der Waals surface area contributed by atoms with Crippen molar-refractivity contribution in [3.8, 4) is 6.07 Å². The predicted molar refractivity (Wildman–Crippen MR) is 81.1 cm³/mol. The molecule has 0 aromatic carbocycles. The molecule has 7 nitrogen and oxygen atoms in total. The van der Waals surface area contributed by atoms with E-state index in [0.29, 0.717) is 11.5 Å². The van der Waals surface area contributed by atoms with Crippen LogP contribution in [0.1, 0.15) is 25.7 Å². The van der Waals surface area contributed by atoms with Crippen molar-refractivity contribution in [3.05, 3.63) is 29.6 Å². The lowest BCUT2D eigenvalue weighted by Gasteiger charge is -2.27. The Bertz CT molecular complexity index is 785. The van der Waals surface area contributed by atoms with Gasteiger partial charge in [-0.05, 0) is 36.8 Å². The van der Waals surface area contributed by atoms with Crippen molar-refractivity contribution in [2.45, 2.75) is 25.7 Å². The molecule has 2 heterocycles. The van der Waals surface area contributed by atoms with Gasteiger partial charge < -0.3 is 0 Å². The molecule has 2 aliphatic carbocycles. The first-order valence-corrected chi connectivity index (χ1v) is 7.31. The number of fused-ring (bicyclic) bond motifs is 1. The van der Waals surface area contributed by atoms with E-state index in [0.717, 1.165) is 42.7 Å². The second-order valence-electron chi connectivity index (χ2n) is 5.44. The molecule has 0 N–H and O–H groups in total. The molecular formula is C15H14N7+. The quantitative estimate of drug-likeness (QED) is 0.737. The van der Waals surface area contributed by atoms with Gasteiger partial charge in [-0.1, -0.05) is 0 Å². The normalized spacial score (nSPS) is 23.6. The summed E-state index contributed by atoms with van der Waals surface area (Å²) in [4.78, 5) is 3.20. The van der Waals surface area contributed by atoms with Crippen molar-refractivity contribution < 1.29 is 4.79 Å². The van der Waals surface area contributed by atoms with Crippen LogP contribution in [-0.2, 0) is 0 Å². The Kier molecular flexibility index (Phi) is 3.00. The first-order chi connectivity index (χ1) is 10.9. The highest BCUT2D eigenvalue weighted by molar-refractivity contribution is 6.16. The van der Waals surface area contributed by atoms with Crippen molar-refractivity contribution in [2.24, 2.45) is 16.1 Å². The Morgan fingerprint density at radius 2 is 1.86 bits per heavy atom. The summed E-state index contributed by atoms with van der Waals surface area (Å²) in [5.74, 6) is 0.424. The maximum absolute atomic E-state index is 9.65. The predicted octanol–water partition coefficient (Wildman–Crippen LogP) is 1.58. The number of hydrogen-bond acceptors (Lipinski definition) is 5. The molecule has 0 bridgehead atoms. The minimum absolute atomic E-state index is 0.424. The first-order valence-electron chi connectivity index (χ1n) is 7.31. The standard InChI is InChI=1S/C15H14N7/c16-10-14-13-9-12(21-17-5-6-18-21)3-1-11(13)2-4-15(14)22-19-7-8-20-22/h5-9,11H,1-4H2/q+1. The molecule has 0 fully saturated rings. The molecule has 22 heavy (non-hydrogen) atoms. The molecule has 3 aliphatic rings. The van der Waals surface area contributed by atoms with Crippen LogP contribution in [0.4, 0.5) is 0 Å². The number of aromatic nitrogens is 3. The zero-order chi connectivity index (χ0) is 14.9. The van der Waals surface area contributed by atoms with Crippen LogP contribution in [0.2, 0.25) is 0 Å². The molecule has 1 unspecified atom stereocenters. The zero-order valence-electron chi connectivity index (χ0n) is 11.9.